The second-order valence-corrected chi connectivity index (χ2v) is 7.68. The molecule has 3 rings (SSSR count). The molecular weight excluding hydrogens is 374 g/mol. The van der Waals surface area contributed by atoms with Gasteiger partial charge in [0.1, 0.15) is 25.2 Å². The van der Waals surface area contributed by atoms with Crippen molar-refractivity contribution in [2.24, 2.45) is 5.92 Å². The summed E-state index contributed by atoms with van der Waals surface area (Å²) in [5, 5.41) is 5.20. The minimum Gasteiger partial charge on any atom is -0.460 e. The van der Waals surface area contributed by atoms with Crippen LogP contribution in [0.5, 0.6) is 0 Å². The van der Waals surface area contributed by atoms with Crippen LogP contribution in [-0.2, 0) is 25.7 Å². The molecule has 1 aliphatic carbocycles. The topological polar surface area (TPSA) is 105 Å². The maximum atomic E-state index is 12.8. The first-order valence-corrected chi connectivity index (χ1v) is 10.0. The minimum absolute atomic E-state index is 0.115. The van der Waals surface area contributed by atoms with Crippen LogP contribution >= 0.6 is 0 Å². The van der Waals surface area contributed by atoms with Gasteiger partial charge in [-0.15, -0.1) is 0 Å². The fourth-order valence-corrected chi connectivity index (χ4v) is 3.90. The predicted molar refractivity (Wildman–Crippen MR) is 104 cm³/mol. The number of carbonyl (C=O) groups is 4. The minimum atomic E-state index is -0.877. The van der Waals surface area contributed by atoms with Gasteiger partial charge in [-0.2, -0.15) is 0 Å². The Morgan fingerprint density at radius 3 is 2.55 bits per heavy atom. The summed E-state index contributed by atoms with van der Waals surface area (Å²) in [7, 11) is 0. The standard InChI is InChI=1S/C21H27N3O5/c1-2-15-8-10-21(11-9-15)19(27)24(20(28)23-21)13-17(25)22-12-18(26)29-14-16-6-4-3-5-7-16/h3-7,15H,2,8-14H2,1H3,(H,22,25)(H,23,28). The molecule has 0 unspecified atom stereocenters. The summed E-state index contributed by atoms with van der Waals surface area (Å²) < 4.78 is 5.09. The van der Waals surface area contributed by atoms with Crippen molar-refractivity contribution in [1.82, 2.24) is 15.5 Å². The summed E-state index contributed by atoms with van der Waals surface area (Å²) in [4.78, 5) is 49.9. The lowest BCUT2D eigenvalue weighted by Crippen LogP contribution is -2.50. The van der Waals surface area contributed by atoms with Crippen molar-refractivity contribution < 1.29 is 23.9 Å². The first-order chi connectivity index (χ1) is 13.9. The maximum Gasteiger partial charge on any atom is 0.325 e. The van der Waals surface area contributed by atoms with Crippen molar-refractivity contribution in [2.45, 2.75) is 51.2 Å². The third-order valence-electron chi connectivity index (χ3n) is 5.76. The molecule has 8 nitrogen and oxygen atoms in total. The van der Waals surface area contributed by atoms with E-state index in [2.05, 4.69) is 17.6 Å². The van der Waals surface area contributed by atoms with Crippen LogP contribution in [0.1, 0.15) is 44.6 Å². The molecule has 0 radical (unpaired) electrons. The van der Waals surface area contributed by atoms with Gasteiger partial charge in [-0.25, -0.2) is 4.79 Å². The molecule has 156 valence electrons. The molecule has 1 aliphatic heterocycles. The Morgan fingerprint density at radius 2 is 1.90 bits per heavy atom. The molecule has 2 aliphatic rings. The van der Waals surface area contributed by atoms with Crippen LogP contribution in [-0.4, -0.2) is 47.3 Å². The summed E-state index contributed by atoms with van der Waals surface area (Å²) >= 11 is 0. The molecule has 2 fully saturated rings. The van der Waals surface area contributed by atoms with Crippen LogP contribution in [0, 0.1) is 5.92 Å². The number of hydrogen-bond acceptors (Lipinski definition) is 5. The van der Waals surface area contributed by atoms with Gasteiger partial charge in [-0.1, -0.05) is 43.7 Å². The van der Waals surface area contributed by atoms with E-state index < -0.39 is 30.0 Å². The van der Waals surface area contributed by atoms with Crippen molar-refractivity contribution >= 4 is 23.8 Å². The van der Waals surface area contributed by atoms with Gasteiger partial charge in [-0.05, 0) is 37.2 Å². The van der Waals surface area contributed by atoms with Crippen molar-refractivity contribution in [3.05, 3.63) is 35.9 Å². The van der Waals surface area contributed by atoms with Crippen molar-refractivity contribution in [3.8, 4) is 0 Å². The number of urea groups is 1. The van der Waals surface area contributed by atoms with Gasteiger partial charge in [0.25, 0.3) is 5.91 Å². The number of carbonyl (C=O) groups excluding carboxylic acids is 4. The first-order valence-electron chi connectivity index (χ1n) is 10.0. The summed E-state index contributed by atoms with van der Waals surface area (Å²) in [6.07, 6.45) is 4.02. The summed E-state index contributed by atoms with van der Waals surface area (Å²) in [6, 6.07) is 8.64. The number of imide groups is 1. The fraction of sp³-hybridized carbons (Fsp3) is 0.524. The first kappa shape index (κ1) is 20.8. The van der Waals surface area contributed by atoms with Gasteiger partial charge >= 0.3 is 12.0 Å². The molecule has 8 heteroatoms. The molecule has 1 saturated heterocycles. The second kappa shape index (κ2) is 9.07. The Morgan fingerprint density at radius 1 is 1.21 bits per heavy atom. The van der Waals surface area contributed by atoms with Crippen LogP contribution in [0.3, 0.4) is 0 Å². The molecule has 0 bridgehead atoms. The molecule has 1 spiro atoms. The van der Waals surface area contributed by atoms with Gasteiger partial charge in [0.05, 0.1) is 0 Å². The Bertz CT molecular complexity index is 772. The fourth-order valence-electron chi connectivity index (χ4n) is 3.90. The number of rotatable bonds is 7. The van der Waals surface area contributed by atoms with E-state index in [1.54, 1.807) is 0 Å². The molecular formula is C21H27N3O5. The SMILES string of the molecule is CCC1CCC2(CC1)NC(=O)N(CC(=O)NCC(=O)OCc1ccccc1)C2=O. The number of ether oxygens (including phenoxy) is 1. The lowest BCUT2D eigenvalue weighted by molar-refractivity contribution is -0.145. The lowest BCUT2D eigenvalue weighted by atomic mass is 9.75. The second-order valence-electron chi connectivity index (χ2n) is 7.68. The predicted octanol–water partition coefficient (Wildman–Crippen LogP) is 1.74. The average Bonchev–Trinajstić information content (AvgIpc) is 2.96. The summed E-state index contributed by atoms with van der Waals surface area (Å²) in [5.74, 6) is -0.943. The third kappa shape index (κ3) is 4.93. The number of amides is 4. The quantitative estimate of drug-likeness (QED) is 0.535. The van der Waals surface area contributed by atoms with Crippen molar-refractivity contribution in [2.75, 3.05) is 13.1 Å². The van der Waals surface area contributed by atoms with Crippen LogP contribution in [0.15, 0.2) is 30.3 Å². The smallest absolute Gasteiger partial charge is 0.325 e. The van der Waals surface area contributed by atoms with Crippen LogP contribution in [0.4, 0.5) is 4.79 Å². The highest BCUT2D eigenvalue weighted by Gasteiger charge is 2.52. The Labute approximate surface area is 170 Å². The molecule has 1 aromatic carbocycles. The Hall–Kier alpha value is -2.90. The number of hydrogen-bond donors (Lipinski definition) is 2. The van der Waals surface area contributed by atoms with E-state index in [0.29, 0.717) is 18.8 Å². The summed E-state index contributed by atoms with van der Waals surface area (Å²) in [5.41, 5.74) is -0.0351. The van der Waals surface area contributed by atoms with Crippen LogP contribution < -0.4 is 10.6 Å². The zero-order chi connectivity index (χ0) is 20.9. The Kier molecular flexibility index (Phi) is 6.51. The van der Waals surface area contributed by atoms with E-state index >= 15 is 0 Å². The molecule has 1 aromatic rings. The Balaban J connectivity index is 1.45. The monoisotopic (exact) mass is 401 g/mol. The highest BCUT2D eigenvalue weighted by Crippen LogP contribution is 2.37. The van der Waals surface area contributed by atoms with E-state index in [0.717, 1.165) is 29.7 Å². The lowest BCUT2D eigenvalue weighted by Gasteiger charge is -2.34. The highest BCUT2D eigenvalue weighted by molar-refractivity contribution is 6.09. The van der Waals surface area contributed by atoms with E-state index in [1.165, 1.54) is 0 Å². The third-order valence-corrected chi connectivity index (χ3v) is 5.76. The van der Waals surface area contributed by atoms with E-state index in [9.17, 15) is 19.2 Å². The molecule has 0 aromatic heterocycles. The van der Waals surface area contributed by atoms with Gasteiger partial charge in [0.15, 0.2) is 0 Å². The van der Waals surface area contributed by atoms with Gasteiger partial charge in [-0.3, -0.25) is 19.3 Å². The van der Waals surface area contributed by atoms with Crippen LogP contribution in [0.2, 0.25) is 0 Å². The van der Waals surface area contributed by atoms with E-state index in [4.69, 9.17) is 4.74 Å². The molecule has 1 saturated carbocycles. The van der Waals surface area contributed by atoms with Gasteiger partial charge in [0.2, 0.25) is 5.91 Å². The van der Waals surface area contributed by atoms with Gasteiger partial charge in [0, 0.05) is 0 Å². The number of benzene rings is 1. The number of nitrogens with zero attached hydrogens (tertiary/aromatic N) is 1. The zero-order valence-electron chi connectivity index (χ0n) is 16.6. The highest BCUT2D eigenvalue weighted by atomic mass is 16.5. The van der Waals surface area contributed by atoms with E-state index in [-0.39, 0.29) is 19.1 Å². The van der Waals surface area contributed by atoms with Gasteiger partial charge < -0.3 is 15.4 Å². The largest absolute Gasteiger partial charge is 0.460 e. The van der Waals surface area contributed by atoms with Crippen LogP contribution in [0.25, 0.3) is 0 Å². The van der Waals surface area contributed by atoms with Crippen molar-refractivity contribution in [3.63, 3.8) is 0 Å². The molecule has 0 atom stereocenters. The van der Waals surface area contributed by atoms with Crippen molar-refractivity contribution in [1.29, 1.82) is 0 Å². The van der Waals surface area contributed by atoms with E-state index in [1.807, 2.05) is 30.3 Å². The average molecular weight is 401 g/mol. The molecule has 29 heavy (non-hydrogen) atoms. The number of nitrogens with one attached hydrogen (secondary N) is 2. The zero-order valence-corrected chi connectivity index (χ0v) is 16.6. The normalized spacial score (nSPS) is 23.8. The maximum absolute atomic E-state index is 12.8. The summed E-state index contributed by atoms with van der Waals surface area (Å²) in [6.45, 7) is 1.51. The molecule has 4 amide bonds. The molecule has 2 N–H and O–H groups in total. The molecule has 1 heterocycles. The number of esters is 1.